The maximum atomic E-state index is 12.9. The van der Waals surface area contributed by atoms with Gasteiger partial charge in [0.1, 0.15) is 0 Å². The van der Waals surface area contributed by atoms with Crippen LogP contribution in [0.2, 0.25) is 0 Å². The Morgan fingerprint density at radius 3 is 2.31 bits per heavy atom. The average Bonchev–Trinajstić information content (AvgIpc) is 2.59. The van der Waals surface area contributed by atoms with Gasteiger partial charge in [-0.05, 0) is 63.2 Å². The van der Waals surface area contributed by atoms with Crippen LogP contribution in [-0.2, 0) is 14.3 Å². The standard InChI is InChI=1S/C21H28N2O3/c1-2-3-4-6-20(25)26-15-19(24)23(8-5-7-22)21-12-16-9-17(13-21)11-18(10-16)14-21/h2-4,6,16-18H,5,8-15H2,1H3/b3-2+,6-4+. The van der Waals surface area contributed by atoms with Crippen molar-refractivity contribution in [1.29, 1.82) is 5.26 Å². The van der Waals surface area contributed by atoms with E-state index >= 15 is 0 Å². The Hall–Kier alpha value is -2.09. The van der Waals surface area contributed by atoms with E-state index in [1.807, 2.05) is 17.9 Å². The highest BCUT2D eigenvalue weighted by Gasteiger charge is 2.54. The van der Waals surface area contributed by atoms with Gasteiger partial charge < -0.3 is 9.64 Å². The molecule has 0 aromatic rings. The van der Waals surface area contributed by atoms with Gasteiger partial charge in [0.05, 0.1) is 12.5 Å². The van der Waals surface area contributed by atoms with Crippen LogP contribution in [0.15, 0.2) is 24.3 Å². The number of hydrogen-bond acceptors (Lipinski definition) is 4. The van der Waals surface area contributed by atoms with Crippen LogP contribution in [0.4, 0.5) is 0 Å². The van der Waals surface area contributed by atoms with Gasteiger partial charge in [0.25, 0.3) is 5.91 Å². The number of nitriles is 1. The van der Waals surface area contributed by atoms with E-state index in [2.05, 4.69) is 6.07 Å². The molecule has 4 aliphatic carbocycles. The molecule has 1 amide bonds. The fourth-order valence-electron chi connectivity index (χ4n) is 5.69. The van der Waals surface area contributed by atoms with Crippen LogP contribution in [0, 0.1) is 29.1 Å². The number of amides is 1. The highest BCUT2D eigenvalue weighted by atomic mass is 16.5. The van der Waals surface area contributed by atoms with Gasteiger partial charge in [-0.2, -0.15) is 5.26 Å². The summed E-state index contributed by atoms with van der Waals surface area (Å²) in [5, 5.41) is 9.03. The number of carbonyl (C=O) groups is 2. The Balaban J connectivity index is 1.67. The predicted molar refractivity (Wildman–Crippen MR) is 97.8 cm³/mol. The SMILES string of the molecule is C/C=C/C=C/C(=O)OCC(=O)N(CCC#N)C12CC3CC(CC(C3)C1)C2. The van der Waals surface area contributed by atoms with Gasteiger partial charge in [-0.1, -0.05) is 18.2 Å². The lowest BCUT2D eigenvalue weighted by Crippen LogP contribution is -2.62. The van der Waals surface area contributed by atoms with Crippen molar-refractivity contribution in [3.05, 3.63) is 24.3 Å². The zero-order chi connectivity index (χ0) is 18.6. The Kier molecular flexibility index (Phi) is 5.80. The van der Waals surface area contributed by atoms with Gasteiger partial charge >= 0.3 is 5.97 Å². The minimum absolute atomic E-state index is 0.115. The molecule has 0 aliphatic heterocycles. The fraction of sp³-hybridized carbons (Fsp3) is 0.667. The molecule has 0 aromatic heterocycles. The normalized spacial score (nSPS) is 32.1. The summed E-state index contributed by atoms with van der Waals surface area (Å²) in [7, 11) is 0. The van der Waals surface area contributed by atoms with Crippen molar-refractivity contribution in [1.82, 2.24) is 4.90 Å². The number of hydrogen-bond donors (Lipinski definition) is 0. The Morgan fingerprint density at radius 1 is 1.15 bits per heavy atom. The molecule has 4 saturated carbocycles. The number of ether oxygens (including phenoxy) is 1. The smallest absolute Gasteiger partial charge is 0.331 e. The first kappa shape index (κ1) is 18.7. The molecular weight excluding hydrogens is 328 g/mol. The van der Waals surface area contributed by atoms with Crippen LogP contribution in [0.5, 0.6) is 0 Å². The number of allylic oxidation sites excluding steroid dienone is 3. The summed E-state index contributed by atoms with van der Waals surface area (Å²) in [5.74, 6) is 1.47. The molecule has 140 valence electrons. The van der Waals surface area contributed by atoms with Crippen molar-refractivity contribution >= 4 is 11.9 Å². The van der Waals surface area contributed by atoms with Gasteiger partial charge in [0.15, 0.2) is 6.61 Å². The van der Waals surface area contributed by atoms with E-state index in [4.69, 9.17) is 10.00 Å². The van der Waals surface area contributed by atoms with Crippen LogP contribution < -0.4 is 0 Å². The highest BCUT2D eigenvalue weighted by Crippen LogP contribution is 2.57. The van der Waals surface area contributed by atoms with E-state index in [0.29, 0.717) is 30.7 Å². The van der Waals surface area contributed by atoms with Crippen molar-refractivity contribution in [2.24, 2.45) is 17.8 Å². The quantitative estimate of drug-likeness (QED) is 0.398. The van der Waals surface area contributed by atoms with Crippen LogP contribution in [0.1, 0.15) is 51.9 Å². The van der Waals surface area contributed by atoms with Crippen molar-refractivity contribution in [2.75, 3.05) is 13.2 Å². The average molecular weight is 356 g/mol. The van der Waals surface area contributed by atoms with E-state index in [-0.39, 0.29) is 18.1 Å². The van der Waals surface area contributed by atoms with E-state index in [1.165, 1.54) is 25.3 Å². The molecule has 26 heavy (non-hydrogen) atoms. The minimum atomic E-state index is -0.512. The Labute approximate surface area is 155 Å². The van der Waals surface area contributed by atoms with Gasteiger partial charge in [-0.25, -0.2) is 4.79 Å². The number of carbonyl (C=O) groups excluding carboxylic acids is 2. The molecule has 0 radical (unpaired) electrons. The number of nitrogens with zero attached hydrogens (tertiary/aromatic N) is 2. The summed E-state index contributed by atoms with van der Waals surface area (Å²) in [5.41, 5.74) is -0.115. The van der Waals surface area contributed by atoms with Gasteiger partial charge in [0.2, 0.25) is 0 Å². The molecule has 0 heterocycles. The number of esters is 1. The lowest BCUT2D eigenvalue weighted by molar-refractivity contribution is -0.160. The predicted octanol–water partition coefficient (Wildman–Crippen LogP) is 3.37. The van der Waals surface area contributed by atoms with Crippen molar-refractivity contribution in [3.63, 3.8) is 0 Å². The van der Waals surface area contributed by atoms with E-state index < -0.39 is 5.97 Å². The molecule has 5 heteroatoms. The van der Waals surface area contributed by atoms with E-state index in [0.717, 1.165) is 19.3 Å². The van der Waals surface area contributed by atoms with Crippen LogP contribution >= 0.6 is 0 Å². The van der Waals surface area contributed by atoms with Crippen molar-refractivity contribution in [3.8, 4) is 6.07 Å². The maximum absolute atomic E-state index is 12.9. The van der Waals surface area contributed by atoms with Crippen molar-refractivity contribution in [2.45, 2.75) is 57.4 Å². The molecule has 0 N–H and O–H groups in total. The third kappa shape index (κ3) is 4.00. The molecule has 0 unspecified atom stereocenters. The van der Waals surface area contributed by atoms with Gasteiger partial charge in [-0.15, -0.1) is 0 Å². The summed E-state index contributed by atoms with van der Waals surface area (Å²) < 4.78 is 5.14. The fourth-order valence-corrected chi connectivity index (χ4v) is 5.69. The summed E-state index contributed by atoms with van der Waals surface area (Å²) in [6.45, 7) is 2.05. The van der Waals surface area contributed by atoms with Gasteiger partial charge in [-0.3, -0.25) is 4.79 Å². The second kappa shape index (κ2) is 8.07. The lowest BCUT2D eigenvalue weighted by atomic mass is 9.52. The largest absolute Gasteiger partial charge is 0.452 e. The third-order valence-corrected chi connectivity index (χ3v) is 6.20. The first-order chi connectivity index (χ1) is 12.6. The topological polar surface area (TPSA) is 70.4 Å². The zero-order valence-electron chi connectivity index (χ0n) is 15.5. The summed E-state index contributed by atoms with van der Waals surface area (Å²) in [6.07, 6.45) is 13.8. The van der Waals surface area contributed by atoms with Gasteiger partial charge in [0, 0.05) is 18.2 Å². The van der Waals surface area contributed by atoms with E-state index in [1.54, 1.807) is 12.2 Å². The molecule has 5 nitrogen and oxygen atoms in total. The molecule has 0 saturated heterocycles. The molecular formula is C21H28N2O3. The second-order valence-electron chi connectivity index (χ2n) is 8.09. The molecule has 4 fully saturated rings. The summed E-state index contributed by atoms with van der Waals surface area (Å²) >= 11 is 0. The molecule has 0 atom stereocenters. The Bertz CT molecular complexity index is 609. The molecule has 4 bridgehead atoms. The monoisotopic (exact) mass is 356 g/mol. The highest BCUT2D eigenvalue weighted by molar-refractivity contribution is 5.86. The molecule has 4 aliphatic rings. The van der Waals surface area contributed by atoms with Crippen LogP contribution in [0.3, 0.4) is 0 Å². The maximum Gasteiger partial charge on any atom is 0.331 e. The molecule has 0 spiro atoms. The van der Waals surface area contributed by atoms with Crippen LogP contribution in [-0.4, -0.2) is 35.5 Å². The minimum Gasteiger partial charge on any atom is -0.452 e. The summed E-state index contributed by atoms with van der Waals surface area (Å²) in [4.78, 5) is 26.5. The zero-order valence-corrected chi connectivity index (χ0v) is 15.5. The summed E-state index contributed by atoms with van der Waals surface area (Å²) in [6, 6.07) is 2.16. The first-order valence-electron chi connectivity index (χ1n) is 9.70. The first-order valence-corrected chi connectivity index (χ1v) is 9.70. The molecule has 4 rings (SSSR count). The molecule has 0 aromatic carbocycles. The van der Waals surface area contributed by atoms with Crippen molar-refractivity contribution < 1.29 is 14.3 Å². The third-order valence-electron chi connectivity index (χ3n) is 6.20. The van der Waals surface area contributed by atoms with Crippen LogP contribution in [0.25, 0.3) is 0 Å². The Morgan fingerprint density at radius 2 is 1.77 bits per heavy atom. The second-order valence-corrected chi connectivity index (χ2v) is 8.09. The number of rotatable bonds is 7. The van der Waals surface area contributed by atoms with E-state index in [9.17, 15) is 9.59 Å². The lowest BCUT2D eigenvalue weighted by Gasteiger charge is -2.60.